The smallest absolute Gasteiger partial charge is 0.319 e. The zero-order valence-electron chi connectivity index (χ0n) is 15.4. The zero-order chi connectivity index (χ0) is 17.4. The van der Waals surface area contributed by atoms with Crippen LogP contribution in [0.3, 0.4) is 0 Å². The largest absolute Gasteiger partial charge is 0.338 e. The molecule has 0 saturated carbocycles. The van der Waals surface area contributed by atoms with Gasteiger partial charge in [-0.1, -0.05) is 13.0 Å². The monoisotopic (exact) mass is 332 g/mol. The van der Waals surface area contributed by atoms with Crippen LogP contribution in [-0.2, 0) is 0 Å². The van der Waals surface area contributed by atoms with Crippen molar-refractivity contribution < 1.29 is 4.79 Å². The van der Waals surface area contributed by atoms with Gasteiger partial charge in [0.25, 0.3) is 0 Å². The lowest BCUT2D eigenvalue weighted by Gasteiger charge is -2.34. The summed E-state index contributed by atoms with van der Waals surface area (Å²) in [6.07, 6.45) is 2.23. The molecule has 1 saturated heterocycles. The molecule has 2 rings (SSSR count). The third kappa shape index (κ3) is 6.13. The van der Waals surface area contributed by atoms with Crippen LogP contribution in [0.5, 0.6) is 0 Å². The van der Waals surface area contributed by atoms with E-state index in [9.17, 15) is 4.79 Å². The first kappa shape index (κ1) is 18.7. The summed E-state index contributed by atoms with van der Waals surface area (Å²) in [7, 11) is 0. The van der Waals surface area contributed by atoms with Crippen molar-refractivity contribution >= 4 is 11.7 Å². The number of rotatable bonds is 7. The Morgan fingerprint density at radius 2 is 1.71 bits per heavy atom. The Morgan fingerprint density at radius 3 is 2.33 bits per heavy atom. The summed E-state index contributed by atoms with van der Waals surface area (Å²) in [4.78, 5) is 17.0. The number of urea groups is 1. The van der Waals surface area contributed by atoms with Crippen molar-refractivity contribution in [2.75, 3.05) is 51.1 Å². The highest BCUT2D eigenvalue weighted by Gasteiger charge is 2.15. The zero-order valence-corrected chi connectivity index (χ0v) is 15.4. The van der Waals surface area contributed by atoms with Crippen LogP contribution >= 0.6 is 0 Å². The van der Waals surface area contributed by atoms with E-state index < -0.39 is 0 Å². The second kappa shape index (κ2) is 9.64. The molecule has 2 N–H and O–H groups in total. The van der Waals surface area contributed by atoms with E-state index in [1.165, 1.54) is 37.2 Å². The molecule has 0 bridgehead atoms. The molecule has 2 amide bonds. The van der Waals surface area contributed by atoms with Gasteiger partial charge < -0.3 is 20.4 Å². The molecule has 0 spiro atoms. The molecule has 1 aliphatic rings. The molecule has 1 heterocycles. The first-order chi connectivity index (χ1) is 11.6. The van der Waals surface area contributed by atoms with E-state index in [-0.39, 0.29) is 6.03 Å². The molecule has 1 aromatic rings. The van der Waals surface area contributed by atoms with Crippen molar-refractivity contribution in [3.8, 4) is 0 Å². The van der Waals surface area contributed by atoms with Crippen LogP contribution in [0, 0.1) is 13.8 Å². The summed E-state index contributed by atoms with van der Waals surface area (Å²) in [6.45, 7) is 14.0. The fourth-order valence-electron chi connectivity index (χ4n) is 3.05. The highest BCUT2D eigenvalue weighted by atomic mass is 16.2. The molecular weight excluding hydrogens is 300 g/mol. The van der Waals surface area contributed by atoms with E-state index in [2.05, 4.69) is 41.2 Å². The Bertz CT molecular complexity index is 524. The standard InChI is InChI=1S/C19H32N4O/c1-4-9-22-11-13-23(14-12-22)10-5-8-20-19(24)21-18-7-6-16(2)17(3)15-18/h6-7,15H,4-5,8-14H2,1-3H3,(H2,20,21,24). The molecule has 1 fully saturated rings. The number of nitrogens with zero attached hydrogens (tertiary/aromatic N) is 2. The number of benzene rings is 1. The molecule has 0 radical (unpaired) electrons. The first-order valence-electron chi connectivity index (χ1n) is 9.15. The Morgan fingerprint density at radius 1 is 1.04 bits per heavy atom. The molecule has 5 heteroatoms. The van der Waals surface area contributed by atoms with Crippen molar-refractivity contribution in [3.05, 3.63) is 29.3 Å². The Balaban J connectivity index is 1.59. The highest BCUT2D eigenvalue weighted by molar-refractivity contribution is 5.89. The topological polar surface area (TPSA) is 47.6 Å². The summed E-state index contributed by atoms with van der Waals surface area (Å²) in [5.41, 5.74) is 3.28. The average Bonchev–Trinajstić information content (AvgIpc) is 2.57. The van der Waals surface area contributed by atoms with Gasteiger partial charge in [-0.25, -0.2) is 4.79 Å². The van der Waals surface area contributed by atoms with Crippen LogP contribution in [0.1, 0.15) is 30.9 Å². The second-order valence-corrected chi connectivity index (χ2v) is 6.72. The molecule has 24 heavy (non-hydrogen) atoms. The Kier molecular flexibility index (Phi) is 7.53. The van der Waals surface area contributed by atoms with Crippen LogP contribution in [0.15, 0.2) is 18.2 Å². The van der Waals surface area contributed by atoms with Crippen LogP contribution in [-0.4, -0.2) is 61.6 Å². The van der Waals surface area contributed by atoms with E-state index in [1.807, 2.05) is 18.2 Å². The van der Waals surface area contributed by atoms with Crippen molar-refractivity contribution in [3.63, 3.8) is 0 Å². The van der Waals surface area contributed by atoms with Crippen LogP contribution in [0.2, 0.25) is 0 Å². The molecule has 0 atom stereocenters. The lowest BCUT2D eigenvalue weighted by atomic mass is 10.1. The van der Waals surface area contributed by atoms with Crippen molar-refractivity contribution in [2.45, 2.75) is 33.6 Å². The lowest BCUT2D eigenvalue weighted by Crippen LogP contribution is -2.47. The quantitative estimate of drug-likeness (QED) is 0.755. The van der Waals surface area contributed by atoms with Gasteiger partial charge in [-0.05, 0) is 63.0 Å². The van der Waals surface area contributed by atoms with E-state index in [1.54, 1.807) is 0 Å². The Hall–Kier alpha value is -1.59. The number of hydrogen-bond donors (Lipinski definition) is 2. The summed E-state index contributed by atoms with van der Waals surface area (Å²) in [5.74, 6) is 0. The fraction of sp³-hybridized carbons (Fsp3) is 0.632. The summed E-state index contributed by atoms with van der Waals surface area (Å²) < 4.78 is 0. The Labute approximate surface area is 146 Å². The van der Waals surface area contributed by atoms with Gasteiger partial charge in [-0.15, -0.1) is 0 Å². The number of piperazine rings is 1. The third-order valence-corrected chi connectivity index (χ3v) is 4.71. The number of hydrogen-bond acceptors (Lipinski definition) is 3. The minimum Gasteiger partial charge on any atom is -0.338 e. The molecule has 0 unspecified atom stereocenters. The van der Waals surface area contributed by atoms with Crippen LogP contribution < -0.4 is 10.6 Å². The molecule has 0 aromatic heterocycles. The molecule has 5 nitrogen and oxygen atoms in total. The molecule has 0 aliphatic carbocycles. The fourth-order valence-corrected chi connectivity index (χ4v) is 3.05. The number of nitrogens with one attached hydrogen (secondary N) is 2. The normalized spacial score (nSPS) is 16.1. The second-order valence-electron chi connectivity index (χ2n) is 6.72. The predicted octanol–water partition coefficient (Wildman–Crippen LogP) is 2.84. The number of aryl methyl sites for hydroxylation is 2. The van der Waals surface area contributed by atoms with E-state index in [0.29, 0.717) is 6.54 Å². The maximum absolute atomic E-state index is 11.9. The van der Waals surface area contributed by atoms with Crippen molar-refractivity contribution in [1.29, 1.82) is 0 Å². The highest BCUT2D eigenvalue weighted by Crippen LogP contribution is 2.13. The SMILES string of the molecule is CCCN1CCN(CCCNC(=O)Nc2ccc(C)c(C)c2)CC1. The average molecular weight is 332 g/mol. The van der Waals surface area contributed by atoms with Crippen LogP contribution in [0.25, 0.3) is 0 Å². The van der Waals surface area contributed by atoms with E-state index in [4.69, 9.17) is 0 Å². The molecule has 134 valence electrons. The summed E-state index contributed by atoms with van der Waals surface area (Å²) in [6, 6.07) is 5.86. The molecular formula is C19H32N4O. The van der Waals surface area contributed by atoms with Gasteiger partial charge in [-0.2, -0.15) is 0 Å². The van der Waals surface area contributed by atoms with Gasteiger partial charge in [0.05, 0.1) is 0 Å². The van der Waals surface area contributed by atoms with E-state index >= 15 is 0 Å². The van der Waals surface area contributed by atoms with Gasteiger partial charge >= 0.3 is 6.03 Å². The summed E-state index contributed by atoms with van der Waals surface area (Å²) >= 11 is 0. The number of amides is 2. The maximum Gasteiger partial charge on any atom is 0.319 e. The van der Waals surface area contributed by atoms with Gasteiger partial charge in [0.1, 0.15) is 0 Å². The maximum atomic E-state index is 11.9. The van der Waals surface area contributed by atoms with Gasteiger partial charge in [0.2, 0.25) is 0 Å². The number of anilines is 1. The summed E-state index contributed by atoms with van der Waals surface area (Å²) in [5, 5.41) is 5.84. The minimum absolute atomic E-state index is 0.119. The van der Waals surface area contributed by atoms with Gasteiger partial charge in [0, 0.05) is 38.4 Å². The lowest BCUT2D eigenvalue weighted by molar-refractivity contribution is 0.131. The van der Waals surface area contributed by atoms with Crippen molar-refractivity contribution in [1.82, 2.24) is 15.1 Å². The van der Waals surface area contributed by atoms with Crippen molar-refractivity contribution in [2.24, 2.45) is 0 Å². The van der Waals surface area contributed by atoms with Crippen LogP contribution in [0.4, 0.5) is 10.5 Å². The predicted molar refractivity (Wildman–Crippen MR) is 101 cm³/mol. The number of carbonyl (C=O) groups excluding carboxylic acids is 1. The third-order valence-electron chi connectivity index (χ3n) is 4.71. The first-order valence-corrected chi connectivity index (χ1v) is 9.15. The molecule has 1 aromatic carbocycles. The van der Waals surface area contributed by atoms with Gasteiger partial charge in [0.15, 0.2) is 0 Å². The van der Waals surface area contributed by atoms with Gasteiger partial charge in [-0.3, -0.25) is 0 Å². The van der Waals surface area contributed by atoms with E-state index in [0.717, 1.165) is 31.7 Å². The number of carbonyl (C=O) groups is 1. The molecule has 1 aliphatic heterocycles. The minimum atomic E-state index is -0.119.